The largest absolute Gasteiger partial charge is 0.355 e. The van der Waals surface area contributed by atoms with E-state index >= 15 is 0 Å². The van der Waals surface area contributed by atoms with Crippen molar-refractivity contribution in [3.63, 3.8) is 0 Å². The van der Waals surface area contributed by atoms with E-state index in [1.54, 1.807) is 60.2 Å². The number of aromatic nitrogens is 5. The SMILES string of the molecule is CC(=O)N1CCc2c(c(N3CCCc4cc(-c5cnn(C)c5)c(C(F)F)cc43)nn2C2CCN(CC(=O)NCCCC(=O)Nc3ccccc3C(=O)Nc3nc(C)c([N+](=O)[O-])s3)CC2)C1. The number of carbonyl (C=O) groups is 4. The van der Waals surface area contributed by atoms with E-state index in [-0.39, 0.29) is 75.9 Å². The van der Waals surface area contributed by atoms with Gasteiger partial charge in [-0.05, 0) is 85.8 Å². The number of piperidine rings is 1. The van der Waals surface area contributed by atoms with Crippen molar-refractivity contribution in [3.8, 4) is 11.1 Å². The number of rotatable bonds is 14. The van der Waals surface area contributed by atoms with Crippen LogP contribution in [0.15, 0.2) is 48.8 Å². The summed E-state index contributed by atoms with van der Waals surface area (Å²) in [7, 11) is 1.76. The standard InChI is InChI=1S/C44H50F2N12O6S/c1-26-43(58(63)64)65-44(49-26)51-42(62)31-9-4-5-10-35(31)50-38(60)11-6-15-47-39(61)25-54-17-12-30(13-18-54)57-36-14-19-55(27(2)59)24-34(36)41(52-57)56-16-7-8-28-20-32(29-22-48-53(3)23-29)33(40(45)46)21-37(28)56/h4-5,9-10,20-23,30,40H,6-8,11-19,24-25H2,1-3H3,(H,47,61)(H,50,60)(H,49,51,62). The minimum atomic E-state index is -2.70. The molecule has 1 saturated heterocycles. The summed E-state index contributed by atoms with van der Waals surface area (Å²) < 4.78 is 33.1. The van der Waals surface area contributed by atoms with Crippen LogP contribution in [0.4, 0.5) is 36.1 Å². The number of nitrogens with zero attached hydrogens (tertiary/aromatic N) is 9. The van der Waals surface area contributed by atoms with Crippen LogP contribution >= 0.6 is 11.3 Å². The number of nitro groups is 1. The molecule has 3 aliphatic heterocycles. The minimum absolute atomic E-state index is 0.0333. The Morgan fingerprint density at radius 1 is 1.03 bits per heavy atom. The van der Waals surface area contributed by atoms with Gasteiger partial charge in [-0.15, -0.1) is 0 Å². The Kier molecular flexibility index (Phi) is 13.3. The molecule has 0 bridgehead atoms. The normalized spacial score (nSPS) is 15.4. The van der Waals surface area contributed by atoms with Gasteiger partial charge in [-0.2, -0.15) is 10.2 Å². The van der Waals surface area contributed by atoms with Crippen LogP contribution < -0.4 is 20.9 Å². The molecule has 2 aromatic carbocycles. The molecule has 1 fully saturated rings. The third-order valence-corrected chi connectivity index (χ3v) is 13.2. The Morgan fingerprint density at radius 2 is 1.82 bits per heavy atom. The first-order chi connectivity index (χ1) is 31.2. The van der Waals surface area contributed by atoms with Crippen molar-refractivity contribution in [2.45, 2.75) is 77.8 Å². The van der Waals surface area contributed by atoms with Crippen LogP contribution in [0, 0.1) is 17.0 Å². The Balaban J connectivity index is 0.861. The van der Waals surface area contributed by atoms with Gasteiger partial charge in [0.25, 0.3) is 12.3 Å². The molecular weight excluding hydrogens is 863 g/mol. The van der Waals surface area contributed by atoms with Crippen LogP contribution in [-0.4, -0.2) is 102 Å². The third kappa shape index (κ3) is 9.90. The molecule has 21 heteroatoms. The van der Waals surface area contributed by atoms with Crippen molar-refractivity contribution in [2.75, 3.05) is 54.8 Å². The zero-order chi connectivity index (χ0) is 45.9. The van der Waals surface area contributed by atoms with E-state index < -0.39 is 17.3 Å². The molecule has 342 valence electrons. The fourth-order valence-corrected chi connectivity index (χ4v) is 9.69. The van der Waals surface area contributed by atoms with E-state index in [4.69, 9.17) is 5.10 Å². The van der Waals surface area contributed by atoms with E-state index in [0.717, 1.165) is 53.8 Å². The number of anilines is 4. The summed E-state index contributed by atoms with van der Waals surface area (Å²) in [5.74, 6) is -0.427. The molecule has 0 radical (unpaired) electrons. The third-order valence-electron chi connectivity index (χ3n) is 12.2. The van der Waals surface area contributed by atoms with Crippen LogP contribution in [0.2, 0.25) is 0 Å². The van der Waals surface area contributed by atoms with Crippen LogP contribution in [-0.2, 0) is 40.8 Å². The molecule has 3 aromatic heterocycles. The van der Waals surface area contributed by atoms with Gasteiger partial charge in [0.15, 0.2) is 10.9 Å². The highest BCUT2D eigenvalue weighted by Crippen LogP contribution is 2.44. The molecule has 0 atom stereocenters. The number of halogens is 2. The molecule has 5 aromatic rings. The van der Waals surface area contributed by atoms with Gasteiger partial charge in [-0.3, -0.25) is 48.9 Å². The highest BCUT2D eigenvalue weighted by molar-refractivity contribution is 7.19. The van der Waals surface area contributed by atoms with E-state index in [2.05, 4.69) is 40.5 Å². The van der Waals surface area contributed by atoms with Crippen molar-refractivity contribution in [3.05, 3.63) is 92.5 Å². The van der Waals surface area contributed by atoms with Gasteiger partial charge in [-0.25, -0.2) is 13.8 Å². The first-order valence-electron chi connectivity index (χ1n) is 21.6. The van der Waals surface area contributed by atoms with Crippen molar-refractivity contribution in [1.82, 2.24) is 39.7 Å². The number of amides is 4. The monoisotopic (exact) mass is 912 g/mol. The predicted octanol–water partition coefficient (Wildman–Crippen LogP) is 6.31. The molecule has 4 amide bonds. The molecule has 0 spiro atoms. The molecule has 0 saturated carbocycles. The predicted molar refractivity (Wildman–Crippen MR) is 239 cm³/mol. The van der Waals surface area contributed by atoms with E-state index in [9.17, 15) is 38.1 Å². The summed E-state index contributed by atoms with van der Waals surface area (Å²) >= 11 is 0.746. The Hall–Kier alpha value is -6.61. The molecular formula is C44H50F2N12O6S. The van der Waals surface area contributed by atoms with E-state index in [1.165, 1.54) is 13.0 Å². The van der Waals surface area contributed by atoms with Crippen LogP contribution in [0.25, 0.3) is 11.1 Å². The van der Waals surface area contributed by atoms with Gasteiger partial charge in [0, 0.05) is 93.8 Å². The van der Waals surface area contributed by atoms with Gasteiger partial charge in [0.2, 0.25) is 17.7 Å². The summed E-state index contributed by atoms with van der Waals surface area (Å²) in [5.41, 5.74) is 5.32. The maximum atomic E-state index is 14.7. The average molecular weight is 913 g/mol. The maximum absolute atomic E-state index is 14.7. The smallest absolute Gasteiger partial charge is 0.348 e. The number of likely N-dealkylation sites (tertiary alicyclic amines) is 1. The maximum Gasteiger partial charge on any atom is 0.348 e. The van der Waals surface area contributed by atoms with Gasteiger partial charge < -0.3 is 20.4 Å². The molecule has 3 N–H and O–H groups in total. The Labute approximate surface area is 377 Å². The summed E-state index contributed by atoms with van der Waals surface area (Å²) in [4.78, 5) is 72.1. The van der Waals surface area contributed by atoms with E-state index in [0.29, 0.717) is 68.2 Å². The summed E-state index contributed by atoms with van der Waals surface area (Å²) in [6, 6.07) is 9.92. The molecule has 8 rings (SSSR count). The molecule has 18 nitrogen and oxygen atoms in total. The molecule has 0 aliphatic carbocycles. The number of hydrogen-bond acceptors (Lipinski definition) is 12. The van der Waals surface area contributed by atoms with Gasteiger partial charge in [0.1, 0.15) is 5.69 Å². The summed E-state index contributed by atoms with van der Waals surface area (Å²) in [6.45, 7) is 6.35. The highest BCUT2D eigenvalue weighted by atomic mass is 32.1. The first kappa shape index (κ1) is 45.0. The number of aryl methyl sites for hydroxylation is 3. The number of hydrogen-bond donors (Lipinski definition) is 3. The zero-order valence-corrected chi connectivity index (χ0v) is 37.1. The number of para-hydroxylation sites is 1. The lowest BCUT2D eigenvalue weighted by molar-refractivity contribution is -0.380. The topological polar surface area (TPSA) is 206 Å². The lowest BCUT2D eigenvalue weighted by Crippen LogP contribution is -2.42. The lowest BCUT2D eigenvalue weighted by atomic mass is 9.92. The second kappa shape index (κ2) is 19.2. The summed E-state index contributed by atoms with van der Waals surface area (Å²) in [6.07, 6.45) is 4.73. The summed E-state index contributed by atoms with van der Waals surface area (Å²) in [5, 5.41) is 28.8. The Morgan fingerprint density at radius 3 is 2.52 bits per heavy atom. The van der Waals surface area contributed by atoms with Crippen molar-refractivity contribution in [2.24, 2.45) is 7.05 Å². The molecule has 0 unspecified atom stereocenters. The number of thiazole rings is 1. The second-order valence-electron chi connectivity index (χ2n) is 16.6. The van der Waals surface area contributed by atoms with E-state index in [1.807, 2.05) is 6.07 Å². The van der Waals surface area contributed by atoms with Crippen molar-refractivity contribution in [1.29, 1.82) is 0 Å². The van der Waals surface area contributed by atoms with Gasteiger partial charge >= 0.3 is 5.00 Å². The van der Waals surface area contributed by atoms with Gasteiger partial charge in [0.05, 0.1) is 41.5 Å². The highest BCUT2D eigenvalue weighted by Gasteiger charge is 2.35. The number of alkyl halides is 2. The fourth-order valence-electron chi connectivity index (χ4n) is 8.91. The van der Waals surface area contributed by atoms with Crippen molar-refractivity contribution >= 4 is 62.3 Å². The van der Waals surface area contributed by atoms with Crippen LogP contribution in [0.5, 0.6) is 0 Å². The fraction of sp³-hybridized carbons (Fsp3) is 0.432. The van der Waals surface area contributed by atoms with Crippen LogP contribution in [0.1, 0.15) is 89.9 Å². The minimum Gasteiger partial charge on any atom is -0.355 e. The number of nitrogens with one attached hydrogen (secondary N) is 3. The quantitative estimate of drug-likeness (QED) is 0.0640. The number of fused-ring (bicyclic) bond motifs is 2. The number of carbonyl (C=O) groups excluding carboxylic acids is 4. The van der Waals surface area contributed by atoms with Crippen LogP contribution in [0.3, 0.4) is 0 Å². The van der Waals surface area contributed by atoms with Crippen molar-refractivity contribution < 1.29 is 32.9 Å². The second-order valence-corrected chi connectivity index (χ2v) is 17.6. The molecule has 65 heavy (non-hydrogen) atoms. The number of benzene rings is 2. The zero-order valence-electron chi connectivity index (χ0n) is 36.3. The molecule has 6 heterocycles. The first-order valence-corrected chi connectivity index (χ1v) is 22.4. The Bertz CT molecular complexity index is 2640. The molecule has 3 aliphatic rings. The average Bonchev–Trinajstić information content (AvgIpc) is 4.00. The van der Waals surface area contributed by atoms with Gasteiger partial charge in [-0.1, -0.05) is 12.1 Å². The lowest BCUT2D eigenvalue weighted by Gasteiger charge is -2.33.